The summed E-state index contributed by atoms with van der Waals surface area (Å²) < 4.78 is 22.4. The fourth-order valence-electron chi connectivity index (χ4n) is 4.04. The Labute approximate surface area is 111 Å². The van der Waals surface area contributed by atoms with Crippen LogP contribution in [0.25, 0.3) is 0 Å². The molecular formula is C14H18O5. The van der Waals surface area contributed by atoms with Crippen molar-refractivity contribution in [1.82, 2.24) is 0 Å². The van der Waals surface area contributed by atoms with Crippen molar-refractivity contribution in [3.05, 3.63) is 0 Å². The third-order valence-electron chi connectivity index (χ3n) is 5.53. The second kappa shape index (κ2) is 3.15. The van der Waals surface area contributed by atoms with Crippen LogP contribution >= 0.6 is 0 Å². The molecule has 7 atom stereocenters. The van der Waals surface area contributed by atoms with Gasteiger partial charge in [-0.25, -0.2) is 0 Å². The van der Waals surface area contributed by atoms with E-state index >= 15 is 0 Å². The number of ether oxygens (including phenoxy) is 4. The van der Waals surface area contributed by atoms with E-state index in [1.807, 2.05) is 6.92 Å². The molecule has 5 heteroatoms. The summed E-state index contributed by atoms with van der Waals surface area (Å²) in [6, 6.07) is 0. The molecule has 0 aromatic carbocycles. The fourth-order valence-corrected chi connectivity index (χ4v) is 4.04. The van der Waals surface area contributed by atoms with Gasteiger partial charge in [0.05, 0.1) is 17.6 Å². The largest absolute Gasteiger partial charge is 0.462 e. The molecule has 3 saturated heterocycles. The highest BCUT2D eigenvalue weighted by molar-refractivity contribution is 5.79. The summed E-state index contributed by atoms with van der Waals surface area (Å²) in [5.74, 6) is -0.504. The van der Waals surface area contributed by atoms with Gasteiger partial charge in [-0.3, -0.25) is 4.79 Å². The molecule has 0 radical (unpaired) electrons. The zero-order valence-electron chi connectivity index (χ0n) is 11.0. The maximum absolute atomic E-state index is 12.5. The highest BCUT2D eigenvalue weighted by Crippen LogP contribution is 2.67. The minimum absolute atomic E-state index is 0.0284. The van der Waals surface area contributed by atoms with E-state index in [2.05, 4.69) is 0 Å². The molecule has 0 aromatic rings. The number of carbonyl (C=O) groups is 1. The highest BCUT2D eigenvalue weighted by Gasteiger charge is 2.84. The predicted octanol–water partition coefficient (Wildman–Crippen LogP) is 1.14. The van der Waals surface area contributed by atoms with Crippen molar-refractivity contribution in [2.45, 2.75) is 75.3 Å². The van der Waals surface area contributed by atoms with Gasteiger partial charge in [-0.15, -0.1) is 0 Å². The highest BCUT2D eigenvalue weighted by atomic mass is 16.9. The van der Waals surface area contributed by atoms with Crippen molar-refractivity contribution in [2.24, 2.45) is 5.41 Å². The molecule has 19 heavy (non-hydrogen) atoms. The van der Waals surface area contributed by atoms with Crippen LogP contribution < -0.4 is 0 Å². The SMILES string of the molecule is CC1(C(=O)OC2CCC3OC3C2)CCC2OC23OC13. The third kappa shape index (κ3) is 1.38. The van der Waals surface area contributed by atoms with Crippen LogP contribution in [0.15, 0.2) is 0 Å². The van der Waals surface area contributed by atoms with Crippen LogP contribution in [0, 0.1) is 5.41 Å². The quantitative estimate of drug-likeness (QED) is 0.554. The van der Waals surface area contributed by atoms with E-state index in [0.717, 1.165) is 32.1 Å². The second-order valence-electron chi connectivity index (χ2n) is 6.84. The van der Waals surface area contributed by atoms with E-state index in [4.69, 9.17) is 18.9 Å². The molecule has 0 aromatic heterocycles. The minimum atomic E-state index is -0.520. The summed E-state index contributed by atoms with van der Waals surface area (Å²) in [4.78, 5) is 12.5. The summed E-state index contributed by atoms with van der Waals surface area (Å²) in [6.45, 7) is 1.96. The van der Waals surface area contributed by atoms with Gasteiger partial charge in [0.15, 0.2) is 0 Å². The van der Waals surface area contributed by atoms with Crippen LogP contribution in [-0.2, 0) is 23.7 Å². The molecule has 2 saturated carbocycles. The van der Waals surface area contributed by atoms with Crippen molar-refractivity contribution < 1.29 is 23.7 Å². The van der Waals surface area contributed by atoms with Crippen molar-refractivity contribution in [1.29, 1.82) is 0 Å². The molecule has 5 fully saturated rings. The lowest BCUT2D eigenvalue weighted by atomic mass is 9.75. The van der Waals surface area contributed by atoms with Gasteiger partial charge in [0.25, 0.3) is 0 Å². The van der Waals surface area contributed by atoms with Crippen molar-refractivity contribution >= 4 is 5.97 Å². The molecule has 7 unspecified atom stereocenters. The molecule has 5 aliphatic rings. The Morgan fingerprint density at radius 1 is 1.21 bits per heavy atom. The van der Waals surface area contributed by atoms with Crippen LogP contribution in [-0.4, -0.2) is 42.3 Å². The molecule has 5 rings (SSSR count). The van der Waals surface area contributed by atoms with Crippen molar-refractivity contribution in [3.63, 3.8) is 0 Å². The monoisotopic (exact) mass is 266 g/mol. The Morgan fingerprint density at radius 2 is 2.11 bits per heavy atom. The lowest BCUT2D eigenvalue weighted by Crippen LogP contribution is -2.41. The molecular weight excluding hydrogens is 248 g/mol. The summed E-state index contributed by atoms with van der Waals surface area (Å²) in [5, 5.41) is 0. The number of hydrogen-bond acceptors (Lipinski definition) is 5. The van der Waals surface area contributed by atoms with Gasteiger partial charge in [-0.1, -0.05) is 0 Å². The summed E-state index contributed by atoms with van der Waals surface area (Å²) in [5.41, 5.74) is -0.520. The number of esters is 1. The normalized spacial score (nSPS) is 60.4. The van der Waals surface area contributed by atoms with Crippen molar-refractivity contribution in [2.75, 3.05) is 0 Å². The molecule has 0 bridgehead atoms. The first-order chi connectivity index (χ1) is 9.12. The first-order valence-electron chi connectivity index (χ1n) is 7.34. The Balaban J connectivity index is 1.28. The molecule has 0 N–H and O–H groups in total. The van der Waals surface area contributed by atoms with Crippen LogP contribution in [0.5, 0.6) is 0 Å². The van der Waals surface area contributed by atoms with Gasteiger partial charge >= 0.3 is 5.97 Å². The van der Waals surface area contributed by atoms with Gasteiger partial charge < -0.3 is 18.9 Å². The Kier molecular flexibility index (Phi) is 1.84. The van der Waals surface area contributed by atoms with E-state index in [9.17, 15) is 4.79 Å². The average molecular weight is 266 g/mol. The maximum Gasteiger partial charge on any atom is 0.314 e. The molecule has 1 spiro atoms. The summed E-state index contributed by atoms with van der Waals surface area (Å²) >= 11 is 0. The van der Waals surface area contributed by atoms with E-state index in [1.165, 1.54) is 0 Å². The van der Waals surface area contributed by atoms with Gasteiger partial charge in [0.2, 0.25) is 5.79 Å². The standard InChI is InChI=1S/C14H18O5/c1-13(5-4-10-14(18-10)11(13)19-14)12(15)16-7-2-3-8-9(6-7)17-8/h7-11H,2-6H2,1H3. The summed E-state index contributed by atoms with van der Waals surface area (Å²) in [7, 11) is 0. The third-order valence-corrected chi connectivity index (χ3v) is 5.53. The topological polar surface area (TPSA) is 63.9 Å². The first-order valence-corrected chi connectivity index (χ1v) is 7.34. The first kappa shape index (κ1) is 11.1. The Bertz CT molecular complexity index is 465. The van der Waals surface area contributed by atoms with E-state index in [1.54, 1.807) is 0 Å². The number of hydrogen-bond donors (Lipinski definition) is 0. The van der Waals surface area contributed by atoms with Crippen molar-refractivity contribution in [3.8, 4) is 0 Å². The number of rotatable bonds is 2. The zero-order chi connectivity index (χ0) is 12.8. The fraction of sp³-hybridized carbons (Fsp3) is 0.929. The second-order valence-corrected chi connectivity index (χ2v) is 6.84. The Hall–Kier alpha value is -0.650. The van der Waals surface area contributed by atoms with Crippen LogP contribution in [0.3, 0.4) is 0 Å². The van der Waals surface area contributed by atoms with Gasteiger partial charge in [-0.05, 0) is 32.6 Å². The predicted molar refractivity (Wildman–Crippen MR) is 62.2 cm³/mol. The van der Waals surface area contributed by atoms with Gasteiger partial charge in [0.1, 0.15) is 18.3 Å². The van der Waals surface area contributed by atoms with Gasteiger partial charge in [0, 0.05) is 6.42 Å². The average Bonchev–Trinajstić information content (AvgIpc) is 3.27. The molecule has 3 aliphatic heterocycles. The molecule has 2 aliphatic carbocycles. The smallest absolute Gasteiger partial charge is 0.314 e. The van der Waals surface area contributed by atoms with Gasteiger partial charge in [-0.2, -0.15) is 0 Å². The molecule has 104 valence electrons. The zero-order valence-corrected chi connectivity index (χ0v) is 11.0. The molecule has 5 nitrogen and oxygen atoms in total. The number of fused-ring (bicyclic) bond motifs is 1. The van der Waals surface area contributed by atoms with Crippen LogP contribution in [0.1, 0.15) is 39.0 Å². The number of epoxide rings is 3. The van der Waals surface area contributed by atoms with Crippen LogP contribution in [0.2, 0.25) is 0 Å². The lowest BCUT2D eigenvalue weighted by molar-refractivity contribution is -0.164. The maximum atomic E-state index is 12.5. The van der Waals surface area contributed by atoms with Crippen LogP contribution in [0.4, 0.5) is 0 Å². The Morgan fingerprint density at radius 3 is 2.95 bits per heavy atom. The number of carbonyl (C=O) groups excluding carboxylic acids is 1. The van der Waals surface area contributed by atoms with E-state index in [0.29, 0.717) is 12.2 Å². The minimum Gasteiger partial charge on any atom is -0.462 e. The molecule has 3 heterocycles. The summed E-state index contributed by atoms with van der Waals surface area (Å²) in [6.07, 6.45) is 5.48. The van der Waals surface area contributed by atoms with E-state index in [-0.39, 0.29) is 24.3 Å². The molecule has 0 amide bonds. The van der Waals surface area contributed by atoms with E-state index < -0.39 is 11.2 Å². The lowest BCUT2D eigenvalue weighted by Gasteiger charge is -2.30.